The third-order valence-corrected chi connectivity index (χ3v) is 3.57. The number of hydrogen-bond acceptors (Lipinski definition) is 3. The predicted molar refractivity (Wildman–Crippen MR) is 75.1 cm³/mol. The van der Waals surface area contributed by atoms with Crippen molar-refractivity contribution in [1.82, 2.24) is 0 Å². The topological polar surface area (TPSA) is 59.1 Å². The third kappa shape index (κ3) is 4.30. The van der Waals surface area contributed by atoms with Gasteiger partial charge >= 0.3 is 0 Å². The first kappa shape index (κ1) is 13.9. The molecule has 3 N–H and O–H groups in total. The van der Waals surface area contributed by atoms with E-state index in [1.54, 1.807) is 7.11 Å². The van der Waals surface area contributed by atoms with Crippen LogP contribution in [0.15, 0.2) is 18.2 Å². The van der Waals surface area contributed by atoms with Crippen LogP contribution >= 0.6 is 11.8 Å². The zero-order valence-corrected chi connectivity index (χ0v) is 11.6. The lowest BCUT2D eigenvalue weighted by Crippen LogP contribution is -2.13. The van der Waals surface area contributed by atoms with Crippen LogP contribution in [0.3, 0.4) is 0 Å². The van der Waals surface area contributed by atoms with E-state index in [0.29, 0.717) is 11.3 Å². The minimum absolute atomic E-state index is 0.0388. The summed E-state index contributed by atoms with van der Waals surface area (Å²) in [6.07, 6.45) is 0. The maximum absolute atomic E-state index is 7.44. The van der Waals surface area contributed by atoms with Gasteiger partial charge in [0.15, 0.2) is 0 Å². The Morgan fingerprint density at radius 3 is 2.53 bits per heavy atom. The van der Waals surface area contributed by atoms with Crippen molar-refractivity contribution in [2.24, 2.45) is 5.73 Å². The van der Waals surface area contributed by atoms with Crippen molar-refractivity contribution in [3.05, 3.63) is 29.3 Å². The minimum Gasteiger partial charge on any atom is -0.496 e. The van der Waals surface area contributed by atoms with Gasteiger partial charge in [-0.3, -0.25) is 5.41 Å². The van der Waals surface area contributed by atoms with Gasteiger partial charge in [-0.25, -0.2) is 0 Å². The van der Waals surface area contributed by atoms with Crippen molar-refractivity contribution in [3.8, 4) is 5.75 Å². The van der Waals surface area contributed by atoms with Gasteiger partial charge in [0.1, 0.15) is 11.6 Å². The van der Waals surface area contributed by atoms with Crippen molar-refractivity contribution in [3.63, 3.8) is 0 Å². The van der Waals surface area contributed by atoms with Crippen LogP contribution in [0.1, 0.15) is 31.9 Å². The van der Waals surface area contributed by atoms with Crippen molar-refractivity contribution >= 4 is 17.6 Å². The van der Waals surface area contributed by atoms with Crippen LogP contribution in [0, 0.1) is 5.41 Å². The lowest BCUT2D eigenvalue weighted by atomic mass is 10.1. The Kier molecular flexibility index (Phi) is 4.46. The molecule has 0 fully saturated rings. The molecular weight excluding hydrogens is 232 g/mol. The fourth-order valence-electron chi connectivity index (χ4n) is 1.35. The zero-order chi connectivity index (χ0) is 13.1. The van der Waals surface area contributed by atoms with Crippen LogP contribution in [0.25, 0.3) is 0 Å². The molecule has 0 bridgehead atoms. The van der Waals surface area contributed by atoms with Gasteiger partial charge in [-0.15, -0.1) is 0 Å². The summed E-state index contributed by atoms with van der Waals surface area (Å²) in [5.74, 6) is 1.64. The highest BCUT2D eigenvalue weighted by Gasteiger charge is 2.12. The molecule has 0 unspecified atom stereocenters. The van der Waals surface area contributed by atoms with Gasteiger partial charge in [-0.05, 0) is 17.7 Å². The molecule has 3 nitrogen and oxygen atoms in total. The Balaban J connectivity index is 2.87. The van der Waals surface area contributed by atoms with Crippen molar-refractivity contribution in [2.45, 2.75) is 31.3 Å². The van der Waals surface area contributed by atoms with E-state index in [2.05, 4.69) is 20.8 Å². The molecule has 0 spiro atoms. The molecule has 0 aromatic heterocycles. The Labute approximate surface area is 107 Å². The summed E-state index contributed by atoms with van der Waals surface area (Å²) in [5, 5.41) is 7.44. The van der Waals surface area contributed by atoms with Crippen LogP contribution < -0.4 is 10.5 Å². The second kappa shape index (κ2) is 5.45. The number of nitrogen functional groups attached to an aromatic ring is 1. The van der Waals surface area contributed by atoms with Crippen molar-refractivity contribution in [2.75, 3.05) is 7.11 Å². The maximum Gasteiger partial charge on any atom is 0.130 e. The first-order chi connectivity index (χ1) is 7.83. The Morgan fingerprint density at radius 2 is 2.06 bits per heavy atom. The van der Waals surface area contributed by atoms with E-state index in [9.17, 15) is 0 Å². The molecule has 0 saturated carbocycles. The fourth-order valence-corrected chi connectivity index (χ4v) is 2.13. The SMILES string of the molecule is COc1cc(CSC(C)(C)C)ccc1C(=N)N. The average molecular weight is 252 g/mol. The Morgan fingerprint density at radius 1 is 1.41 bits per heavy atom. The van der Waals surface area contributed by atoms with E-state index in [1.807, 2.05) is 30.0 Å². The summed E-state index contributed by atoms with van der Waals surface area (Å²) in [5.41, 5.74) is 7.32. The Bertz CT molecular complexity index is 410. The van der Waals surface area contributed by atoms with Gasteiger partial charge in [0, 0.05) is 10.5 Å². The highest BCUT2D eigenvalue weighted by Crippen LogP contribution is 2.29. The molecule has 0 heterocycles. The van der Waals surface area contributed by atoms with Crippen LogP contribution in [-0.4, -0.2) is 17.7 Å². The van der Waals surface area contributed by atoms with E-state index in [0.717, 1.165) is 5.75 Å². The number of amidine groups is 1. The summed E-state index contributed by atoms with van der Waals surface area (Å²) in [7, 11) is 1.60. The molecule has 1 aromatic rings. The molecule has 94 valence electrons. The van der Waals surface area contributed by atoms with E-state index in [-0.39, 0.29) is 10.6 Å². The molecule has 17 heavy (non-hydrogen) atoms. The molecule has 0 aliphatic rings. The quantitative estimate of drug-likeness (QED) is 0.639. The number of nitrogens with one attached hydrogen (secondary N) is 1. The number of nitrogens with two attached hydrogens (primary N) is 1. The number of thioether (sulfide) groups is 1. The summed E-state index contributed by atoms with van der Waals surface area (Å²) in [6, 6.07) is 5.80. The minimum atomic E-state index is 0.0388. The first-order valence-electron chi connectivity index (χ1n) is 5.49. The lowest BCUT2D eigenvalue weighted by Gasteiger charge is -2.18. The van der Waals surface area contributed by atoms with E-state index < -0.39 is 0 Å². The van der Waals surface area contributed by atoms with E-state index in [4.69, 9.17) is 15.9 Å². The second-order valence-corrected chi connectivity index (χ2v) is 6.65. The number of hydrogen-bond donors (Lipinski definition) is 2. The van der Waals surface area contributed by atoms with Crippen LogP contribution in [0.5, 0.6) is 5.75 Å². The number of methoxy groups -OCH3 is 1. The molecule has 0 aliphatic carbocycles. The van der Waals surface area contributed by atoms with Gasteiger partial charge < -0.3 is 10.5 Å². The van der Waals surface area contributed by atoms with Gasteiger partial charge in [0.25, 0.3) is 0 Å². The summed E-state index contributed by atoms with van der Waals surface area (Å²) < 4.78 is 5.49. The fraction of sp³-hybridized carbons (Fsp3) is 0.462. The molecule has 0 amide bonds. The highest BCUT2D eigenvalue weighted by molar-refractivity contribution is 7.99. The highest BCUT2D eigenvalue weighted by atomic mass is 32.2. The smallest absolute Gasteiger partial charge is 0.130 e. The van der Waals surface area contributed by atoms with Crippen LogP contribution in [0.4, 0.5) is 0 Å². The molecule has 0 radical (unpaired) electrons. The molecule has 4 heteroatoms. The molecule has 0 atom stereocenters. The molecule has 1 rings (SSSR count). The maximum atomic E-state index is 7.44. The molecule has 1 aromatic carbocycles. The molecular formula is C13H20N2OS. The van der Waals surface area contributed by atoms with Gasteiger partial charge in [0.05, 0.1) is 12.7 Å². The zero-order valence-electron chi connectivity index (χ0n) is 10.8. The number of rotatable bonds is 4. The van der Waals surface area contributed by atoms with Crippen LogP contribution in [0.2, 0.25) is 0 Å². The monoisotopic (exact) mass is 252 g/mol. The van der Waals surface area contributed by atoms with Crippen molar-refractivity contribution < 1.29 is 4.74 Å². The predicted octanol–water partition coefficient (Wildman–Crippen LogP) is 3.01. The summed E-state index contributed by atoms with van der Waals surface area (Å²) >= 11 is 1.88. The van der Waals surface area contributed by atoms with Crippen LogP contribution in [-0.2, 0) is 5.75 Å². The normalized spacial score (nSPS) is 11.3. The molecule has 0 saturated heterocycles. The second-order valence-electron chi connectivity index (χ2n) is 4.85. The largest absolute Gasteiger partial charge is 0.496 e. The van der Waals surface area contributed by atoms with Gasteiger partial charge in [-0.2, -0.15) is 11.8 Å². The lowest BCUT2D eigenvalue weighted by molar-refractivity contribution is 0.413. The number of benzene rings is 1. The van der Waals surface area contributed by atoms with E-state index in [1.165, 1.54) is 5.56 Å². The third-order valence-electron chi connectivity index (χ3n) is 2.23. The average Bonchev–Trinajstić information content (AvgIpc) is 2.24. The summed E-state index contributed by atoms with van der Waals surface area (Å²) in [4.78, 5) is 0. The first-order valence-corrected chi connectivity index (χ1v) is 6.47. The van der Waals surface area contributed by atoms with Crippen molar-refractivity contribution in [1.29, 1.82) is 5.41 Å². The molecule has 0 aliphatic heterocycles. The Hall–Kier alpha value is -1.16. The number of ether oxygens (including phenoxy) is 1. The summed E-state index contributed by atoms with van der Waals surface area (Å²) in [6.45, 7) is 6.58. The van der Waals surface area contributed by atoms with Gasteiger partial charge in [-0.1, -0.05) is 26.8 Å². The van der Waals surface area contributed by atoms with E-state index >= 15 is 0 Å². The van der Waals surface area contributed by atoms with Gasteiger partial charge in [0.2, 0.25) is 0 Å². The standard InChI is InChI=1S/C13H20N2OS/c1-13(2,3)17-8-9-5-6-10(12(14)15)11(7-9)16-4/h5-7H,8H2,1-4H3,(H3,14,15).